The Balaban J connectivity index is 1.32. The monoisotopic (exact) mass is 374 g/mol. The first kappa shape index (κ1) is 17.4. The molecule has 6 aliphatic rings. The van der Waals surface area contributed by atoms with E-state index in [1.807, 2.05) is 0 Å². The molecule has 0 aromatic heterocycles. The van der Waals surface area contributed by atoms with Crippen molar-refractivity contribution in [3.05, 3.63) is 11.6 Å². The molecule has 4 aliphatic carbocycles. The molecule has 5 fully saturated rings. The fourth-order valence-electron chi connectivity index (χ4n) is 8.16. The predicted octanol–water partition coefficient (Wildman–Crippen LogP) is 3.74. The second-order valence-electron chi connectivity index (χ2n) is 10.5. The summed E-state index contributed by atoms with van der Waals surface area (Å²) < 4.78 is 24.7. The highest BCUT2D eigenvalue weighted by Gasteiger charge is 2.63. The molecule has 4 unspecified atom stereocenters. The van der Waals surface area contributed by atoms with E-state index >= 15 is 0 Å². The maximum atomic E-state index is 6.28. The van der Waals surface area contributed by atoms with Gasteiger partial charge in [0.25, 0.3) is 0 Å². The SMILES string of the molecule is C[C@]12CC3OCCOC3CC1=CC[C@@H]1[C@@H]2CC[C@]2(C)C3OCCOC3C[C@@H]12. The smallest absolute Gasteiger partial charge is 0.0894 e. The summed E-state index contributed by atoms with van der Waals surface area (Å²) in [5.41, 5.74) is 2.26. The van der Waals surface area contributed by atoms with Crippen molar-refractivity contribution in [2.75, 3.05) is 26.4 Å². The van der Waals surface area contributed by atoms with Crippen LogP contribution >= 0.6 is 0 Å². The summed E-state index contributed by atoms with van der Waals surface area (Å²) in [6.45, 7) is 8.13. The lowest BCUT2D eigenvalue weighted by molar-refractivity contribution is -0.180. The Bertz CT molecular complexity index is 646. The molecule has 0 aromatic carbocycles. The first-order chi connectivity index (χ1) is 13.1. The number of hydrogen-bond donors (Lipinski definition) is 0. The van der Waals surface area contributed by atoms with Crippen molar-refractivity contribution in [3.63, 3.8) is 0 Å². The molecule has 150 valence electrons. The Morgan fingerprint density at radius 1 is 0.889 bits per heavy atom. The normalized spacial score (nSPS) is 56.8. The van der Waals surface area contributed by atoms with Gasteiger partial charge in [-0.3, -0.25) is 0 Å². The molecule has 4 heteroatoms. The van der Waals surface area contributed by atoms with Crippen molar-refractivity contribution < 1.29 is 18.9 Å². The molecule has 0 spiro atoms. The van der Waals surface area contributed by atoms with Gasteiger partial charge in [-0.2, -0.15) is 0 Å². The Hall–Kier alpha value is -0.420. The van der Waals surface area contributed by atoms with E-state index in [9.17, 15) is 0 Å². The molecule has 2 aliphatic heterocycles. The van der Waals surface area contributed by atoms with Crippen LogP contribution in [-0.4, -0.2) is 50.8 Å². The Morgan fingerprint density at radius 3 is 2.48 bits per heavy atom. The van der Waals surface area contributed by atoms with E-state index in [0.717, 1.165) is 57.0 Å². The minimum atomic E-state index is 0.291. The highest BCUT2D eigenvalue weighted by Crippen LogP contribution is 2.66. The average molecular weight is 375 g/mol. The van der Waals surface area contributed by atoms with E-state index in [1.54, 1.807) is 5.57 Å². The third-order valence-corrected chi connectivity index (χ3v) is 9.46. The van der Waals surface area contributed by atoms with Crippen molar-refractivity contribution in [1.82, 2.24) is 0 Å². The summed E-state index contributed by atoms with van der Waals surface area (Å²) in [7, 11) is 0. The van der Waals surface area contributed by atoms with Crippen LogP contribution in [0.1, 0.15) is 52.4 Å². The van der Waals surface area contributed by atoms with E-state index in [4.69, 9.17) is 18.9 Å². The van der Waals surface area contributed by atoms with Gasteiger partial charge < -0.3 is 18.9 Å². The molecule has 0 amide bonds. The first-order valence-electron chi connectivity index (χ1n) is 11.3. The maximum Gasteiger partial charge on any atom is 0.0894 e. The summed E-state index contributed by atoms with van der Waals surface area (Å²) in [6, 6.07) is 0. The Kier molecular flexibility index (Phi) is 3.90. The fourth-order valence-corrected chi connectivity index (χ4v) is 8.16. The molecular weight excluding hydrogens is 340 g/mol. The van der Waals surface area contributed by atoms with Crippen molar-refractivity contribution >= 4 is 0 Å². The van der Waals surface area contributed by atoms with Crippen LogP contribution in [0.5, 0.6) is 0 Å². The van der Waals surface area contributed by atoms with Crippen LogP contribution in [0.15, 0.2) is 11.6 Å². The van der Waals surface area contributed by atoms with Gasteiger partial charge in [-0.1, -0.05) is 25.5 Å². The third kappa shape index (κ3) is 2.36. The second kappa shape index (κ2) is 6.04. The van der Waals surface area contributed by atoms with Gasteiger partial charge in [0.1, 0.15) is 0 Å². The topological polar surface area (TPSA) is 36.9 Å². The second-order valence-corrected chi connectivity index (χ2v) is 10.5. The minimum Gasteiger partial charge on any atom is -0.373 e. The Morgan fingerprint density at radius 2 is 1.63 bits per heavy atom. The maximum absolute atomic E-state index is 6.28. The van der Waals surface area contributed by atoms with Crippen LogP contribution in [0.2, 0.25) is 0 Å². The summed E-state index contributed by atoms with van der Waals surface area (Å²) in [5.74, 6) is 2.29. The van der Waals surface area contributed by atoms with Crippen LogP contribution in [0, 0.1) is 28.6 Å². The zero-order valence-electron chi connectivity index (χ0n) is 16.8. The molecule has 0 aromatic rings. The van der Waals surface area contributed by atoms with Crippen molar-refractivity contribution in [2.45, 2.75) is 76.8 Å². The van der Waals surface area contributed by atoms with Crippen LogP contribution in [-0.2, 0) is 18.9 Å². The van der Waals surface area contributed by atoms with E-state index in [0.29, 0.717) is 35.2 Å². The number of fused-ring (bicyclic) bond motifs is 8. The van der Waals surface area contributed by atoms with Gasteiger partial charge in [-0.25, -0.2) is 0 Å². The molecule has 2 heterocycles. The lowest BCUT2D eigenvalue weighted by Gasteiger charge is -2.59. The fraction of sp³-hybridized carbons (Fsp3) is 0.913. The van der Waals surface area contributed by atoms with E-state index in [1.165, 1.54) is 25.7 Å². The summed E-state index contributed by atoms with van der Waals surface area (Å²) in [5, 5.41) is 0. The number of ether oxygens (including phenoxy) is 4. The van der Waals surface area contributed by atoms with Gasteiger partial charge >= 0.3 is 0 Å². The van der Waals surface area contributed by atoms with Crippen molar-refractivity contribution in [2.24, 2.45) is 28.6 Å². The minimum absolute atomic E-state index is 0.291. The number of allylic oxidation sites excluding steroid dienone is 1. The molecule has 9 atom stereocenters. The molecule has 6 rings (SSSR count). The summed E-state index contributed by atoms with van der Waals surface area (Å²) >= 11 is 0. The molecule has 0 radical (unpaired) electrons. The molecule has 0 N–H and O–H groups in total. The summed E-state index contributed by atoms with van der Waals surface area (Å²) in [6.07, 6.45) is 11.1. The van der Waals surface area contributed by atoms with Crippen molar-refractivity contribution in [3.8, 4) is 0 Å². The van der Waals surface area contributed by atoms with E-state index in [2.05, 4.69) is 19.9 Å². The highest BCUT2D eigenvalue weighted by molar-refractivity contribution is 5.27. The van der Waals surface area contributed by atoms with Gasteiger partial charge in [0.05, 0.1) is 50.8 Å². The summed E-state index contributed by atoms with van der Waals surface area (Å²) in [4.78, 5) is 0. The predicted molar refractivity (Wildman–Crippen MR) is 101 cm³/mol. The quantitative estimate of drug-likeness (QED) is 0.606. The number of rotatable bonds is 0. The number of hydrogen-bond acceptors (Lipinski definition) is 4. The van der Waals surface area contributed by atoms with Gasteiger partial charge in [0, 0.05) is 0 Å². The third-order valence-electron chi connectivity index (χ3n) is 9.46. The van der Waals surface area contributed by atoms with Crippen molar-refractivity contribution in [1.29, 1.82) is 0 Å². The van der Waals surface area contributed by atoms with Crippen LogP contribution in [0.3, 0.4) is 0 Å². The zero-order chi connectivity index (χ0) is 18.2. The lowest BCUT2D eigenvalue weighted by Crippen LogP contribution is -2.55. The molecule has 3 saturated carbocycles. The van der Waals surface area contributed by atoms with Crippen LogP contribution in [0.25, 0.3) is 0 Å². The standard InChI is InChI=1S/C23H34O4/c1-22-6-5-16-15(17(22)12-19-21(22)27-10-9-25-19)4-3-14-11-18-20(13-23(14,16)2)26-8-7-24-18/h3,15-21H,4-13H2,1-2H3/t15-,16+,17+,18?,19?,20?,21?,22+,23+/m1/s1. The zero-order valence-corrected chi connectivity index (χ0v) is 16.8. The van der Waals surface area contributed by atoms with Gasteiger partial charge in [-0.15, -0.1) is 0 Å². The van der Waals surface area contributed by atoms with Gasteiger partial charge in [0.15, 0.2) is 0 Å². The highest BCUT2D eigenvalue weighted by atomic mass is 16.6. The van der Waals surface area contributed by atoms with Crippen LogP contribution in [0.4, 0.5) is 0 Å². The van der Waals surface area contributed by atoms with Gasteiger partial charge in [-0.05, 0) is 67.1 Å². The molecule has 27 heavy (non-hydrogen) atoms. The molecule has 4 nitrogen and oxygen atoms in total. The lowest BCUT2D eigenvalue weighted by atomic mass is 9.47. The Labute approximate surface area is 162 Å². The largest absolute Gasteiger partial charge is 0.373 e. The first-order valence-corrected chi connectivity index (χ1v) is 11.3. The van der Waals surface area contributed by atoms with E-state index in [-0.39, 0.29) is 0 Å². The molecule has 0 bridgehead atoms. The molecular formula is C23H34O4. The van der Waals surface area contributed by atoms with Gasteiger partial charge in [0.2, 0.25) is 0 Å². The average Bonchev–Trinajstić information content (AvgIpc) is 2.99. The van der Waals surface area contributed by atoms with E-state index < -0.39 is 0 Å². The molecule has 2 saturated heterocycles. The van der Waals surface area contributed by atoms with Crippen LogP contribution < -0.4 is 0 Å².